The first kappa shape index (κ1) is 35.8. The Morgan fingerprint density at radius 2 is 1.08 bits per heavy atom. The van der Waals surface area contributed by atoms with Crippen LogP contribution in [0.1, 0.15) is 51.4 Å². The summed E-state index contributed by atoms with van der Waals surface area (Å²) in [5.41, 5.74) is 9.61. The van der Waals surface area contributed by atoms with Crippen molar-refractivity contribution < 1.29 is 19.4 Å². The molecule has 2 aliphatic rings. The Balaban J connectivity index is 0.000000165. The highest BCUT2D eigenvalue weighted by Crippen LogP contribution is 2.30. The zero-order valence-corrected chi connectivity index (χ0v) is 29.8. The summed E-state index contributed by atoms with van der Waals surface area (Å²) in [5, 5.41) is 16.0. The Kier molecular flexibility index (Phi) is 11.7. The smallest absolute Gasteiger partial charge is 0.404 e. The lowest BCUT2D eigenvalue weighted by Gasteiger charge is -2.28. The molecule has 0 atom stereocenters. The van der Waals surface area contributed by atoms with E-state index >= 15 is 0 Å². The number of nitrogens with one attached hydrogen (secondary N) is 1. The molecular weight excluding hydrogens is 665 g/mol. The standard InChI is InChI=1S/C22H23N3O3.C21H23N3O/c26-22(27)24-14-15-5-9-19(10-6-15)28-21-23-12-11-20(25-21)18-8-7-16-3-1-2-4-17(16)13-18;22-14-15-5-9-19(10-6-15)25-21-23-12-11-20(24-21)18-8-7-16-3-1-2-4-17(16)13-18/h1-4,7-8,11-13,15,19,24H,5-6,9-10,14H2,(H,26,27);1-4,7-8,11-13,15,19H,5-6,9-10,14,22H2/t2*15-,19-. The molecule has 0 saturated heterocycles. The molecule has 2 aliphatic carbocycles. The molecule has 53 heavy (non-hydrogen) atoms. The summed E-state index contributed by atoms with van der Waals surface area (Å²) in [6, 6.07) is 34.0. The molecule has 4 aromatic carbocycles. The molecule has 0 spiro atoms. The maximum absolute atomic E-state index is 10.6. The normalized spacial score (nSPS) is 19.9. The Labute approximate surface area is 309 Å². The van der Waals surface area contributed by atoms with Gasteiger partial charge in [0.2, 0.25) is 0 Å². The first-order chi connectivity index (χ1) is 26.0. The first-order valence-corrected chi connectivity index (χ1v) is 18.6. The molecule has 0 radical (unpaired) electrons. The zero-order valence-electron chi connectivity index (χ0n) is 29.8. The summed E-state index contributed by atoms with van der Waals surface area (Å²) in [6.07, 6.45) is 10.8. The number of aromatic nitrogens is 4. The van der Waals surface area contributed by atoms with Crippen molar-refractivity contribution in [1.82, 2.24) is 25.3 Å². The Morgan fingerprint density at radius 1 is 0.623 bits per heavy atom. The number of rotatable bonds is 9. The number of carboxylic acid groups (broad SMARTS) is 1. The molecule has 8 rings (SSSR count). The highest BCUT2D eigenvalue weighted by Gasteiger charge is 2.24. The number of hydrogen-bond acceptors (Lipinski definition) is 8. The van der Waals surface area contributed by atoms with Crippen LogP contribution in [0.5, 0.6) is 12.0 Å². The molecule has 2 saturated carbocycles. The SMILES string of the molecule is NC[C@H]1CC[C@H](Oc2nccc(-c3ccc4ccccc4c3)n2)CC1.O=C(O)NC[C@H]1CC[C@H](Oc2nccc(-c3ccc4ccccc4c3)n2)CC1. The van der Waals surface area contributed by atoms with E-state index in [1.165, 1.54) is 21.5 Å². The molecular formula is C43H46N6O4. The van der Waals surface area contributed by atoms with E-state index in [4.69, 9.17) is 20.3 Å². The molecule has 4 N–H and O–H groups in total. The first-order valence-electron chi connectivity index (χ1n) is 18.6. The van der Waals surface area contributed by atoms with Gasteiger partial charge < -0.3 is 25.6 Å². The fraction of sp³-hybridized carbons (Fsp3) is 0.326. The minimum Gasteiger partial charge on any atom is -0.465 e. The van der Waals surface area contributed by atoms with Gasteiger partial charge in [-0.3, -0.25) is 0 Å². The predicted molar refractivity (Wildman–Crippen MR) is 208 cm³/mol. The van der Waals surface area contributed by atoms with Crippen LogP contribution in [0.4, 0.5) is 4.79 Å². The molecule has 1 amide bonds. The summed E-state index contributed by atoms with van der Waals surface area (Å²) < 4.78 is 12.1. The fourth-order valence-corrected chi connectivity index (χ4v) is 7.28. The van der Waals surface area contributed by atoms with Crippen molar-refractivity contribution in [2.45, 2.75) is 63.6 Å². The van der Waals surface area contributed by atoms with E-state index in [0.717, 1.165) is 80.4 Å². The minimum absolute atomic E-state index is 0.0768. The monoisotopic (exact) mass is 710 g/mol. The van der Waals surface area contributed by atoms with Gasteiger partial charge in [0.05, 0.1) is 11.4 Å². The summed E-state index contributed by atoms with van der Waals surface area (Å²) in [7, 11) is 0. The summed E-state index contributed by atoms with van der Waals surface area (Å²) in [5.74, 6) is 1.02. The summed E-state index contributed by atoms with van der Waals surface area (Å²) >= 11 is 0. The van der Waals surface area contributed by atoms with Crippen LogP contribution in [0.3, 0.4) is 0 Å². The van der Waals surface area contributed by atoms with Crippen molar-refractivity contribution in [1.29, 1.82) is 0 Å². The molecule has 2 fully saturated rings. The van der Waals surface area contributed by atoms with E-state index in [1.807, 2.05) is 24.3 Å². The second kappa shape index (κ2) is 17.3. The quantitative estimate of drug-likeness (QED) is 0.134. The van der Waals surface area contributed by atoms with Crippen LogP contribution in [0.2, 0.25) is 0 Å². The van der Waals surface area contributed by atoms with E-state index in [2.05, 4.69) is 98.0 Å². The van der Waals surface area contributed by atoms with Crippen LogP contribution in [0.15, 0.2) is 109 Å². The van der Waals surface area contributed by atoms with Gasteiger partial charge in [-0.1, -0.05) is 72.8 Å². The van der Waals surface area contributed by atoms with E-state index in [0.29, 0.717) is 30.4 Å². The van der Waals surface area contributed by atoms with Gasteiger partial charge in [-0.05, 0) is 116 Å². The number of ether oxygens (including phenoxy) is 2. The largest absolute Gasteiger partial charge is 0.465 e. The fourth-order valence-electron chi connectivity index (χ4n) is 7.28. The van der Waals surface area contributed by atoms with Gasteiger partial charge in [0.25, 0.3) is 0 Å². The zero-order chi connectivity index (χ0) is 36.4. The van der Waals surface area contributed by atoms with E-state index in [9.17, 15) is 4.79 Å². The van der Waals surface area contributed by atoms with Gasteiger partial charge in [-0.15, -0.1) is 0 Å². The molecule has 6 aromatic rings. The third-order valence-corrected chi connectivity index (χ3v) is 10.4. The number of fused-ring (bicyclic) bond motifs is 2. The summed E-state index contributed by atoms with van der Waals surface area (Å²) in [4.78, 5) is 28.4. The van der Waals surface area contributed by atoms with Crippen molar-refractivity contribution >= 4 is 27.6 Å². The maximum Gasteiger partial charge on any atom is 0.404 e. The van der Waals surface area contributed by atoms with Crippen LogP contribution in [-0.4, -0.2) is 56.4 Å². The van der Waals surface area contributed by atoms with Gasteiger partial charge in [0.15, 0.2) is 0 Å². The van der Waals surface area contributed by atoms with Gasteiger partial charge in [-0.25, -0.2) is 14.8 Å². The van der Waals surface area contributed by atoms with E-state index in [-0.39, 0.29) is 12.2 Å². The Hall–Kier alpha value is -5.61. The second-order valence-electron chi connectivity index (χ2n) is 14.0. The van der Waals surface area contributed by atoms with E-state index < -0.39 is 6.09 Å². The molecule has 2 aromatic heterocycles. The molecule has 2 heterocycles. The molecule has 0 bridgehead atoms. The number of hydrogen-bond donors (Lipinski definition) is 3. The van der Waals surface area contributed by atoms with Crippen molar-refractivity contribution in [3.05, 3.63) is 109 Å². The molecule has 0 unspecified atom stereocenters. The van der Waals surface area contributed by atoms with Crippen LogP contribution in [-0.2, 0) is 0 Å². The van der Waals surface area contributed by atoms with Crippen molar-refractivity contribution in [2.75, 3.05) is 13.1 Å². The van der Waals surface area contributed by atoms with Crippen molar-refractivity contribution in [3.8, 4) is 34.5 Å². The number of carbonyl (C=O) groups is 1. The Morgan fingerprint density at radius 3 is 1.53 bits per heavy atom. The van der Waals surface area contributed by atoms with Crippen LogP contribution in [0.25, 0.3) is 44.1 Å². The molecule has 272 valence electrons. The third kappa shape index (κ3) is 9.64. The maximum atomic E-state index is 10.6. The number of nitrogens with zero attached hydrogens (tertiary/aromatic N) is 4. The van der Waals surface area contributed by atoms with Gasteiger partial charge in [0, 0.05) is 30.1 Å². The second-order valence-corrected chi connectivity index (χ2v) is 14.0. The van der Waals surface area contributed by atoms with Crippen molar-refractivity contribution in [2.24, 2.45) is 17.6 Å². The summed E-state index contributed by atoms with van der Waals surface area (Å²) in [6.45, 7) is 1.29. The van der Waals surface area contributed by atoms with Crippen LogP contribution < -0.4 is 20.5 Å². The van der Waals surface area contributed by atoms with Crippen LogP contribution in [0, 0.1) is 11.8 Å². The van der Waals surface area contributed by atoms with Gasteiger partial charge in [-0.2, -0.15) is 9.97 Å². The number of benzene rings is 4. The van der Waals surface area contributed by atoms with E-state index in [1.54, 1.807) is 12.4 Å². The van der Waals surface area contributed by atoms with Gasteiger partial charge >= 0.3 is 18.1 Å². The lowest BCUT2D eigenvalue weighted by Crippen LogP contribution is -2.32. The third-order valence-electron chi connectivity index (χ3n) is 10.4. The average molecular weight is 711 g/mol. The average Bonchev–Trinajstić information content (AvgIpc) is 3.21. The molecule has 10 heteroatoms. The molecule has 0 aliphatic heterocycles. The lowest BCUT2D eigenvalue weighted by atomic mass is 9.87. The highest BCUT2D eigenvalue weighted by atomic mass is 16.5. The highest BCUT2D eigenvalue weighted by molar-refractivity contribution is 5.87. The minimum atomic E-state index is -0.961. The predicted octanol–water partition coefficient (Wildman–Crippen LogP) is 8.70. The number of nitrogens with two attached hydrogens (primary N) is 1. The topological polar surface area (TPSA) is 145 Å². The number of amides is 1. The van der Waals surface area contributed by atoms with Crippen molar-refractivity contribution in [3.63, 3.8) is 0 Å². The van der Waals surface area contributed by atoms with Gasteiger partial charge in [0.1, 0.15) is 12.2 Å². The van der Waals surface area contributed by atoms with Crippen LogP contribution >= 0.6 is 0 Å². The molecule has 10 nitrogen and oxygen atoms in total. The Bertz CT molecular complexity index is 2130. The lowest BCUT2D eigenvalue weighted by molar-refractivity contribution is 0.119.